The second-order valence-corrected chi connectivity index (χ2v) is 0.816. The average Bonchev–Trinajstić information content (AvgIpc) is 1.37. The van der Waals surface area contributed by atoms with Gasteiger partial charge in [0.25, 0.3) is 0 Å². The molecule has 0 aliphatic heterocycles. The van der Waals surface area contributed by atoms with Gasteiger partial charge in [-0.15, -0.1) is 0 Å². The maximum absolute atomic E-state index is 2.12. The zero-order valence-electron chi connectivity index (χ0n) is 3.64. The minimum absolute atomic E-state index is 0. The molecule has 0 rings (SSSR count). The Morgan fingerprint density at radius 1 is 1.60 bits per heavy atom. The van der Waals surface area contributed by atoms with Gasteiger partial charge in [0.15, 0.2) is 0 Å². The maximum Gasteiger partial charge on any atom is 1.00 e. The molecule has 0 aliphatic rings. The Labute approximate surface area is 46.7 Å². The first-order valence-electron chi connectivity index (χ1n) is 1.69. The van der Waals surface area contributed by atoms with Crippen LogP contribution in [-0.2, 0) is 19.5 Å². The van der Waals surface area contributed by atoms with Crippen LogP contribution in [0.15, 0.2) is 0 Å². The Kier molecular flexibility index (Phi) is 16.2. The van der Waals surface area contributed by atoms with Crippen LogP contribution in [0.25, 0.3) is 0 Å². The van der Waals surface area contributed by atoms with Crippen molar-refractivity contribution in [1.29, 1.82) is 0 Å². The van der Waals surface area contributed by atoms with Gasteiger partial charge in [0.2, 0.25) is 0 Å². The summed E-state index contributed by atoms with van der Waals surface area (Å²) in [6.07, 6.45) is 3.32. The largest absolute Gasteiger partial charge is 1.00 e. The second-order valence-electron chi connectivity index (χ2n) is 0.816. The van der Waals surface area contributed by atoms with Gasteiger partial charge in [-0.3, -0.25) is 0 Å². The van der Waals surface area contributed by atoms with Crippen molar-refractivity contribution < 1.29 is 19.5 Å². The van der Waals surface area contributed by atoms with Crippen molar-refractivity contribution >= 4 is 0 Å². The van der Waals surface area contributed by atoms with E-state index in [0.717, 1.165) is 0 Å². The van der Waals surface area contributed by atoms with Crippen molar-refractivity contribution in [3.05, 3.63) is 6.42 Å². The van der Waals surface area contributed by atoms with Crippen molar-refractivity contribution in [3.63, 3.8) is 0 Å². The summed E-state index contributed by atoms with van der Waals surface area (Å²) >= 11 is 0. The Morgan fingerprint density at radius 3 is 1.80 bits per heavy atom. The first kappa shape index (κ1) is 9.16. The van der Waals surface area contributed by atoms with Crippen LogP contribution in [0.5, 0.6) is 0 Å². The molecule has 0 aliphatic carbocycles. The van der Waals surface area contributed by atoms with E-state index in [-0.39, 0.29) is 19.5 Å². The van der Waals surface area contributed by atoms with Crippen LogP contribution in [0.3, 0.4) is 0 Å². The van der Waals surface area contributed by atoms with E-state index >= 15 is 0 Å². The third-order valence-corrected chi connectivity index (χ3v) is 0.408. The summed E-state index contributed by atoms with van der Waals surface area (Å²) in [4.78, 5) is 0. The third-order valence-electron chi connectivity index (χ3n) is 0.408. The summed E-state index contributed by atoms with van der Waals surface area (Å²) in [6, 6.07) is 0. The monoisotopic (exact) mass is 159 g/mol. The maximum atomic E-state index is 2.12. The van der Waals surface area contributed by atoms with E-state index in [4.69, 9.17) is 0 Å². The molecule has 5 heavy (non-hydrogen) atoms. The molecule has 0 fully saturated rings. The molecule has 33 valence electrons. The van der Waals surface area contributed by atoms with Crippen LogP contribution in [0, 0.1) is 6.42 Å². The van der Waals surface area contributed by atoms with Gasteiger partial charge in [0.05, 0.1) is 0 Å². The molecule has 0 nitrogen and oxygen atoms in total. The van der Waals surface area contributed by atoms with E-state index in [1.54, 1.807) is 0 Å². The molecule has 1 radical (unpaired) electrons. The minimum atomic E-state index is 0. The van der Waals surface area contributed by atoms with Crippen LogP contribution >= 0.6 is 0 Å². The summed E-state index contributed by atoms with van der Waals surface area (Å²) in [5.41, 5.74) is 0. The molecule has 0 unspecified atom stereocenters. The molecule has 0 aromatic heterocycles. The van der Waals surface area contributed by atoms with Crippen LogP contribution in [0.4, 0.5) is 0 Å². The van der Waals surface area contributed by atoms with Crippen LogP contribution in [0.2, 0.25) is 0 Å². The predicted octanol–water partition coefficient (Wildman–Crippen LogP) is 1.62. The van der Waals surface area contributed by atoms with E-state index in [1.807, 2.05) is 0 Å². The Bertz CT molecular complexity index is 5.61. The topological polar surface area (TPSA) is 0 Å². The van der Waals surface area contributed by atoms with E-state index < -0.39 is 0 Å². The molecule has 0 aromatic carbocycles. The minimum Gasteiger partial charge on any atom is -0.332 e. The van der Waals surface area contributed by atoms with Gasteiger partial charge in [-0.25, -0.2) is 0 Å². The molecular weight excluding hydrogens is 149 g/mol. The van der Waals surface area contributed by atoms with Crippen molar-refractivity contribution in [2.24, 2.45) is 0 Å². The SMILES string of the molecule is C[CH-]CC.[Ru+]. The van der Waals surface area contributed by atoms with Crippen molar-refractivity contribution in [2.75, 3.05) is 0 Å². The van der Waals surface area contributed by atoms with Crippen LogP contribution in [-0.4, -0.2) is 0 Å². The Morgan fingerprint density at radius 2 is 1.80 bits per heavy atom. The first-order chi connectivity index (χ1) is 1.91. The van der Waals surface area contributed by atoms with Crippen molar-refractivity contribution in [2.45, 2.75) is 20.3 Å². The molecule has 0 heterocycles. The second kappa shape index (κ2) is 8.82. The molecule has 0 bridgehead atoms. The zero-order valence-corrected chi connectivity index (χ0v) is 5.38. The fourth-order valence-corrected chi connectivity index (χ4v) is 0. The molecule has 0 saturated carbocycles. The molecule has 0 N–H and O–H groups in total. The number of unbranched alkanes of at least 4 members (excludes halogenated alkanes) is 1. The standard InChI is InChI=1S/C4H9.Ru/c1-3-4-2;/h3H,4H2,1-2H3;/q-1;+1. The van der Waals surface area contributed by atoms with Crippen LogP contribution < -0.4 is 0 Å². The van der Waals surface area contributed by atoms with Crippen LogP contribution in [0.1, 0.15) is 20.3 Å². The van der Waals surface area contributed by atoms with Gasteiger partial charge in [0, 0.05) is 0 Å². The molecule has 0 spiro atoms. The zero-order chi connectivity index (χ0) is 3.41. The van der Waals surface area contributed by atoms with E-state index in [0.29, 0.717) is 0 Å². The molecular formula is C4H9Ru. The summed E-state index contributed by atoms with van der Waals surface area (Å²) in [7, 11) is 0. The van der Waals surface area contributed by atoms with Gasteiger partial charge in [-0.05, 0) is 0 Å². The fraction of sp³-hybridized carbons (Fsp3) is 0.750. The van der Waals surface area contributed by atoms with Crippen molar-refractivity contribution in [1.82, 2.24) is 0 Å². The summed E-state index contributed by atoms with van der Waals surface area (Å²) in [5, 5.41) is 0. The van der Waals surface area contributed by atoms with Gasteiger partial charge in [-0.2, -0.15) is 13.3 Å². The first-order valence-corrected chi connectivity index (χ1v) is 1.69. The molecule has 0 aromatic rings. The smallest absolute Gasteiger partial charge is 0.332 e. The Hall–Kier alpha value is 0.623. The van der Waals surface area contributed by atoms with Gasteiger partial charge in [-0.1, -0.05) is 6.92 Å². The van der Waals surface area contributed by atoms with E-state index in [1.165, 1.54) is 6.42 Å². The fourth-order valence-electron chi connectivity index (χ4n) is 0. The quantitative estimate of drug-likeness (QED) is 0.402. The van der Waals surface area contributed by atoms with E-state index in [2.05, 4.69) is 20.3 Å². The summed E-state index contributed by atoms with van der Waals surface area (Å²) < 4.78 is 0. The number of hydrogen-bond acceptors (Lipinski definition) is 0. The number of hydrogen-bond donors (Lipinski definition) is 0. The van der Waals surface area contributed by atoms with Crippen molar-refractivity contribution in [3.8, 4) is 0 Å². The predicted molar refractivity (Wildman–Crippen MR) is 20.3 cm³/mol. The molecule has 0 amide bonds. The van der Waals surface area contributed by atoms with E-state index in [9.17, 15) is 0 Å². The third kappa shape index (κ3) is 12.1. The number of rotatable bonds is 1. The van der Waals surface area contributed by atoms with Gasteiger partial charge >= 0.3 is 19.5 Å². The average molecular weight is 158 g/mol. The summed E-state index contributed by atoms with van der Waals surface area (Å²) in [6.45, 7) is 4.18. The van der Waals surface area contributed by atoms with Gasteiger partial charge in [0.1, 0.15) is 0 Å². The summed E-state index contributed by atoms with van der Waals surface area (Å²) in [5.74, 6) is 0. The normalized spacial score (nSPS) is 6.00. The molecule has 0 atom stereocenters. The van der Waals surface area contributed by atoms with Gasteiger partial charge < -0.3 is 6.42 Å². The molecule has 0 saturated heterocycles. The molecule has 1 heteroatoms. The Balaban J connectivity index is 0.